The van der Waals surface area contributed by atoms with Crippen LogP contribution in [0.1, 0.15) is 24.1 Å². The number of aromatic nitrogens is 3. The smallest absolute Gasteiger partial charge is 0.447 e. The minimum absolute atomic E-state index is 0.0283. The fraction of sp³-hybridized carbons (Fsp3) is 0.357. The molecule has 8 heteroatoms. The molecule has 0 radical (unpaired) electrons. The summed E-state index contributed by atoms with van der Waals surface area (Å²) in [6, 6.07) is 8.81. The molecule has 5 nitrogen and oxygen atoms in total. The third-order valence-electron chi connectivity index (χ3n) is 2.99. The van der Waals surface area contributed by atoms with Crippen molar-refractivity contribution in [2.75, 3.05) is 6.61 Å². The van der Waals surface area contributed by atoms with Crippen molar-refractivity contribution in [3.63, 3.8) is 0 Å². The van der Waals surface area contributed by atoms with Crippen molar-refractivity contribution >= 4 is 6.09 Å². The molecule has 1 heterocycles. The average molecular weight is 314 g/mol. The molecule has 0 N–H and O–H groups in total. The van der Waals surface area contributed by atoms with Gasteiger partial charge in [0.05, 0.1) is 13.0 Å². The van der Waals surface area contributed by atoms with Crippen molar-refractivity contribution in [3.05, 3.63) is 47.5 Å². The van der Waals surface area contributed by atoms with E-state index in [1.807, 2.05) is 0 Å². The maximum Gasteiger partial charge on any atom is 0.501 e. The van der Waals surface area contributed by atoms with E-state index in [0.717, 1.165) is 17.3 Å². The van der Waals surface area contributed by atoms with Crippen LogP contribution in [0, 0.1) is 0 Å². The number of benzene rings is 1. The van der Waals surface area contributed by atoms with Crippen LogP contribution in [-0.2, 0) is 24.4 Å². The molecule has 0 aliphatic rings. The Hall–Kier alpha value is -2.38. The molecule has 118 valence electrons. The lowest BCUT2D eigenvalue weighted by atomic mass is 10.1. The standard InChI is InChI=1S/C14H15F3N3O2/c1-3-22-13(21)20-11(9-10-7-5-4-6-8-10)18-12(19(20)2)14(15,16)17/h4-8H,3,9H2,1-2H3/q+1. The number of hydrogen-bond donors (Lipinski definition) is 0. The molecule has 0 saturated carbocycles. The molecule has 0 bridgehead atoms. The molecule has 0 aliphatic carbocycles. The number of carbonyl (C=O) groups is 1. The van der Waals surface area contributed by atoms with E-state index in [-0.39, 0.29) is 18.9 Å². The molecule has 0 spiro atoms. The monoisotopic (exact) mass is 314 g/mol. The Morgan fingerprint density at radius 2 is 1.95 bits per heavy atom. The average Bonchev–Trinajstić information content (AvgIpc) is 2.77. The fourth-order valence-electron chi connectivity index (χ4n) is 2.06. The summed E-state index contributed by atoms with van der Waals surface area (Å²) < 4.78 is 45.2. The summed E-state index contributed by atoms with van der Waals surface area (Å²) in [6.07, 6.45) is -5.46. The molecular formula is C14H15F3N3O2+. The molecule has 0 amide bonds. The Kier molecular flexibility index (Phi) is 4.48. The van der Waals surface area contributed by atoms with Gasteiger partial charge in [0.2, 0.25) is 0 Å². The van der Waals surface area contributed by atoms with Crippen LogP contribution in [0.2, 0.25) is 0 Å². The zero-order valence-corrected chi connectivity index (χ0v) is 12.1. The van der Waals surface area contributed by atoms with Gasteiger partial charge >= 0.3 is 18.1 Å². The largest absolute Gasteiger partial charge is 0.501 e. The van der Waals surface area contributed by atoms with Crippen LogP contribution in [0.5, 0.6) is 0 Å². The van der Waals surface area contributed by atoms with Crippen LogP contribution in [0.4, 0.5) is 18.0 Å². The van der Waals surface area contributed by atoms with Gasteiger partial charge in [-0.3, -0.25) is 0 Å². The number of alkyl halides is 3. The first-order chi connectivity index (χ1) is 10.3. The van der Waals surface area contributed by atoms with E-state index >= 15 is 0 Å². The fourth-order valence-corrected chi connectivity index (χ4v) is 2.06. The number of halogens is 3. The summed E-state index contributed by atoms with van der Waals surface area (Å²) in [7, 11) is 1.13. The lowest BCUT2D eigenvalue weighted by Crippen LogP contribution is -2.48. The SMILES string of the molecule is CCOC(=O)n1c(Cc2ccccc2)nc(C(F)(F)F)[n+]1C. The molecular weight excluding hydrogens is 299 g/mol. The highest BCUT2D eigenvalue weighted by Gasteiger charge is 2.48. The first-order valence-corrected chi connectivity index (χ1v) is 6.60. The molecule has 0 fully saturated rings. The van der Waals surface area contributed by atoms with Gasteiger partial charge in [0.25, 0.3) is 5.82 Å². The molecule has 22 heavy (non-hydrogen) atoms. The predicted molar refractivity (Wildman–Crippen MR) is 70.1 cm³/mol. The summed E-state index contributed by atoms with van der Waals surface area (Å²) in [4.78, 5) is 15.5. The third kappa shape index (κ3) is 3.26. The van der Waals surface area contributed by atoms with Crippen molar-refractivity contribution in [2.24, 2.45) is 7.05 Å². The van der Waals surface area contributed by atoms with Crippen molar-refractivity contribution < 1.29 is 27.4 Å². The summed E-state index contributed by atoms with van der Waals surface area (Å²) >= 11 is 0. The summed E-state index contributed by atoms with van der Waals surface area (Å²) in [5.41, 5.74) is 0.743. The van der Waals surface area contributed by atoms with Crippen molar-refractivity contribution in [2.45, 2.75) is 19.5 Å². The maximum atomic E-state index is 13.0. The highest BCUT2D eigenvalue weighted by Crippen LogP contribution is 2.25. The van der Waals surface area contributed by atoms with E-state index in [9.17, 15) is 18.0 Å². The van der Waals surface area contributed by atoms with E-state index in [1.54, 1.807) is 37.3 Å². The molecule has 0 atom stereocenters. The van der Waals surface area contributed by atoms with Gasteiger partial charge in [-0.1, -0.05) is 35.0 Å². The first kappa shape index (κ1) is 16.0. The van der Waals surface area contributed by atoms with Gasteiger partial charge in [0.15, 0.2) is 0 Å². The Bertz CT molecular complexity index is 666. The van der Waals surface area contributed by atoms with Crippen LogP contribution >= 0.6 is 0 Å². The van der Waals surface area contributed by atoms with Crippen LogP contribution < -0.4 is 4.68 Å². The Labute approximate surface area is 124 Å². The summed E-state index contributed by atoms with van der Waals surface area (Å²) in [5.74, 6) is -1.18. The van der Waals surface area contributed by atoms with Crippen molar-refractivity contribution in [1.82, 2.24) is 9.67 Å². The van der Waals surface area contributed by atoms with Crippen LogP contribution in [0.15, 0.2) is 30.3 Å². The normalized spacial score (nSPS) is 11.5. The van der Waals surface area contributed by atoms with Crippen molar-refractivity contribution in [3.8, 4) is 0 Å². The van der Waals surface area contributed by atoms with Gasteiger partial charge < -0.3 is 4.74 Å². The molecule has 0 aliphatic heterocycles. The van der Waals surface area contributed by atoms with E-state index in [2.05, 4.69) is 4.98 Å². The van der Waals surface area contributed by atoms with E-state index in [0.29, 0.717) is 4.68 Å². The summed E-state index contributed by atoms with van der Waals surface area (Å²) in [5, 5.41) is 0. The van der Waals surface area contributed by atoms with Gasteiger partial charge in [-0.25, -0.2) is 4.79 Å². The first-order valence-electron chi connectivity index (χ1n) is 6.60. The zero-order chi connectivity index (χ0) is 16.3. The number of ether oxygens (including phenoxy) is 1. The second-order valence-corrected chi connectivity index (χ2v) is 4.55. The molecule has 2 aromatic rings. The maximum absolute atomic E-state index is 13.0. The lowest BCUT2D eigenvalue weighted by molar-refractivity contribution is -0.760. The number of rotatable bonds is 3. The number of carbonyl (C=O) groups excluding carboxylic acids is 1. The number of nitrogens with zero attached hydrogens (tertiary/aromatic N) is 3. The highest BCUT2D eigenvalue weighted by atomic mass is 19.4. The van der Waals surface area contributed by atoms with Gasteiger partial charge in [0.1, 0.15) is 7.05 Å². The molecule has 0 saturated heterocycles. The Morgan fingerprint density at radius 1 is 1.32 bits per heavy atom. The Balaban J connectivity index is 2.49. The van der Waals surface area contributed by atoms with Crippen LogP contribution in [0.25, 0.3) is 0 Å². The van der Waals surface area contributed by atoms with Gasteiger partial charge in [-0.05, 0) is 17.5 Å². The predicted octanol–water partition coefficient (Wildman–Crippen LogP) is 2.32. The topological polar surface area (TPSA) is 48.0 Å². The minimum Gasteiger partial charge on any atom is -0.447 e. The molecule has 2 rings (SSSR count). The van der Waals surface area contributed by atoms with Gasteiger partial charge in [-0.15, -0.1) is 4.68 Å². The van der Waals surface area contributed by atoms with E-state index in [1.165, 1.54) is 0 Å². The van der Waals surface area contributed by atoms with E-state index in [4.69, 9.17) is 4.74 Å². The zero-order valence-electron chi connectivity index (χ0n) is 12.1. The third-order valence-corrected chi connectivity index (χ3v) is 2.99. The number of hydrogen-bond acceptors (Lipinski definition) is 3. The quantitative estimate of drug-likeness (QED) is 0.817. The van der Waals surface area contributed by atoms with E-state index < -0.39 is 18.1 Å². The van der Waals surface area contributed by atoms with Gasteiger partial charge in [0, 0.05) is 0 Å². The molecule has 1 aromatic heterocycles. The highest BCUT2D eigenvalue weighted by molar-refractivity contribution is 5.69. The van der Waals surface area contributed by atoms with Crippen LogP contribution in [-0.4, -0.2) is 22.4 Å². The van der Waals surface area contributed by atoms with Crippen molar-refractivity contribution in [1.29, 1.82) is 0 Å². The second kappa shape index (κ2) is 6.17. The summed E-state index contributed by atoms with van der Waals surface area (Å²) in [6.45, 7) is 1.64. The van der Waals surface area contributed by atoms with Gasteiger partial charge in [-0.2, -0.15) is 13.2 Å². The Morgan fingerprint density at radius 3 is 2.50 bits per heavy atom. The lowest BCUT2D eigenvalue weighted by Gasteiger charge is -2.04. The van der Waals surface area contributed by atoms with Crippen LogP contribution in [0.3, 0.4) is 0 Å². The molecule has 1 aromatic carbocycles. The second-order valence-electron chi connectivity index (χ2n) is 4.55. The minimum atomic E-state index is -4.65. The molecule has 0 unspecified atom stereocenters.